The summed E-state index contributed by atoms with van der Waals surface area (Å²) in [6.07, 6.45) is 1.86. The normalized spacial score (nSPS) is 25.6. The number of nitrogens with zero attached hydrogens (tertiary/aromatic N) is 1. The Hall–Kier alpha value is -1.18. The fraction of sp³-hybridized carbons (Fsp3) is 0.471. The summed E-state index contributed by atoms with van der Waals surface area (Å²) in [5.74, 6) is 0.469. The molecule has 2 aliphatic heterocycles. The molecule has 128 valence electrons. The highest BCUT2D eigenvalue weighted by molar-refractivity contribution is 7.91. The molecule has 0 spiro atoms. The van der Waals surface area contributed by atoms with Gasteiger partial charge in [0.2, 0.25) is 5.91 Å². The lowest BCUT2D eigenvalue weighted by molar-refractivity contribution is -0.134. The average molecular weight is 382 g/mol. The van der Waals surface area contributed by atoms with Gasteiger partial charge < -0.3 is 4.90 Å². The predicted molar refractivity (Wildman–Crippen MR) is 97.3 cm³/mol. The van der Waals surface area contributed by atoms with Crippen molar-refractivity contribution >= 4 is 38.4 Å². The van der Waals surface area contributed by atoms with Gasteiger partial charge in [-0.1, -0.05) is 6.07 Å². The molecule has 4 rings (SSSR count). The molecule has 1 fully saturated rings. The second kappa shape index (κ2) is 6.28. The van der Waals surface area contributed by atoms with Crippen LogP contribution in [0.5, 0.6) is 0 Å². The molecule has 7 heteroatoms. The van der Waals surface area contributed by atoms with Crippen LogP contribution in [0.2, 0.25) is 0 Å². The Labute approximate surface area is 150 Å². The first-order chi connectivity index (χ1) is 11.5. The fourth-order valence-electron chi connectivity index (χ4n) is 3.74. The van der Waals surface area contributed by atoms with Gasteiger partial charge in [-0.15, -0.1) is 22.7 Å². The van der Waals surface area contributed by atoms with Crippen molar-refractivity contribution in [2.45, 2.75) is 25.3 Å². The van der Waals surface area contributed by atoms with Gasteiger partial charge in [0.15, 0.2) is 9.84 Å². The Morgan fingerprint density at radius 2 is 2.12 bits per heavy atom. The zero-order valence-corrected chi connectivity index (χ0v) is 15.6. The van der Waals surface area contributed by atoms with E-state index in [1.165, 1.54) is 15.3 Å². The van der Waals surface area contributed by atoms with E-state index in [0.717, 1.165) is 6.42 Å². The number of rotatable bonds is 3. The first-order valence-corrected chi connectivity index (χ1v) is 11.7. The molecule has 0 bridgehead atoms. The maximum Gasteiger partial charge on any atom is 0.223 e. The third-order valence-corrected chi connectivity index (χ3v) is 8.65. The van der Waals surface area contributed by atoms with Crippen molar-refractivity contribution in [3.63, 3.8) is 0 Å². The van der Waals surface area contributed by atoms with Crippen LogP contribution >= 0.6 is 22.7 Å². The van der Waals surface area contributed by atoms with E-state index in [-0.39, 0.29) is 29.4 Å². The highest BCUT2D eigenvalue weighted by Crippen LogP contribution is 2.40. The molecule has 0 saturated carbocycles. The van der Waals surface area contributed by atoms with Crippen molar-refractivity contribution in [1.82, 2.24) is 4.90 Å². The largest absolute Gasteiger partial charge is 0.330 e. The molecule has 4 nitrogen and oxygen atoms in total. The number of hydrogen-bond acceptors (Lipinski definition) is 5. The van der Waals surface area contributed by atoms with Crippen LogP contribution in [0.1, 0.15) is 34.2 Å². The lowest BCUT2D eigenvalue weighted by Gasteiger charge is -2.36. The van der Waals surface area contributed by atoms with E-state index in [4.69, 9.17) is 0 Å². The summed E-state index contributed by atoms with van der Waals surface area (Å²) in [6.45, 7) is 0.717. The van der Waals surface area contributed by atoms with E-state index in [9.17, 15) is 13.2 Å². The van der Waals surface area contributed by atoms with Crippen molar-refractivity contribution in [3.05, 3.63) is 44.3 Å². The predicted octanol–water partition coefficient (Wildman–Crippen LogP) is 3.11. The standard InChI is InChI=1S/C17H19NO3S3/c19-16(10-12-5-9-24(20,21)11-12)18-6-3-14-13(4-8-23-14)17(18)15-2-1-7-22-15/h1-2,4,7-8,12,17H,3,5-6,9-11H2/t12-,17-/m0/s1. The molecule has 0 aliphatic carbocycles. The van der Waals surface area contributed by atoms with Crippen LogP contribution in [0.15, 0.2) is 29.0 Å². The van der Waals surface area contributed by atoms with Crippen LogP contribution in [0, 0.1) is 5.92 Å². The minimum absolute atomic E-state index is 0.00879. The van der Waals surface area contributed by atoms with E-state index >= 15 is 0 Å². The Kier molecular flexibility index (Phi) is 4.26. The highest BCUT2D eigenvalue weighted by Gasteiger charge is 2.36. The van der Waals surface area contributed by atoms with Crippen LogP contribution < -0.4 is 0 Å². The Morgan fingerprint density at radius 3 is 2.83 bits per heavy atom. The fourth-order valence-corrected chi connectivity index (χ4v) is 7.36. The molecule has 2 atom stereocenters. The lowest BCUT2D eigenvalue weighted by Crippen LogP contribution is -2.40. The van der Waals surface area contributed by atoms with Gasteiger partial charge in [0.25, 0.3) is 0 Å². The minimum atomic E-state index is -2.94. The summed E-state index contributed by atoms with van der Waals surface area (Å²) in [7, 11) is -2.94. The number of sulfone groups is 1. The molecule has 2 aliphatic rings. The number of carbonyl (C=O) groups excluding carboxylic acids is 1. The van der Waals surface area contributed by atoms with Gasteiger partial charge in [0, 0.05) is 22.7 Å². The number of fused-ring (bicyclic) bond motifs is 1. The molecule has 0 unspecified atom stereocenters. The third-order valence-electron chi connectivity index (χ3n) is 4.89. The first-order valence-electron chi connectivity index (χ1n) is 8.13. The first kappa shape index (κ1) is 16.3. The molecule has 2 aromatic rings. The smallest absolute Gasteiger partial charge is 0.223 e. The summed E-state index contributed by atoms with van der Waals surface area (Å²) in [6, 6.07) is 6.23. The van der Waals surface area contributed by atoms with Crippen molar-refractivity contribution in [1.29, 1.82) is 0 Å². The monoisotopic (exact) mass is 381 g/mol. The van der Waals surface area contributed by atoms with Gasteiger partial charge in [-0.3, -0.25) is 4.79 Å². The number of amides is 1. The SMILES string of the molecule is O=C(C[C@@H]1CCS(=O)(=O)C1)N1CCc2sccc2[C@H]1c1cccs1. The van der Waals surface area contributed by atoms with E-state index in [2.05, 4.69) is 17.5 Å². The van der Waals surface area contributed by atoms with Gasteiger partial charge in [-0.05, 0) is 47.2 Å². The average Bonchev–Trinajstić information content (AvgIpc) is 3.26. The van der Waals surface area contributed by atoms with Crippen molar-refractivity contribution in [3.8, 4) is 0 Å². The number of hydrogen-bond donors (Lipinski definition) is 0. The summed E-state index contributed by atoms with van der Waals surface area (Å²) >= 11 is 3.44. The van der Waals surface area contributed by atoms with Gasteiger partial charge >= 0.3 is 0 Å². The highest BCUT2D eigenvalue weighted by atomic mass is 32.2. The van der Waals surface area contributed by atoms with Crippen molar-refractivity contribution in [2.75, 3.05) is 18.1 Å². The van der Waals surface area contributed by atoms with Crippen molar-refractivity contribution in [2.24, 2.45) is 5.92 Å². The van der Waals surface area contributed by atoms with E-state index < -0.39 is 9.84 Å². The molecule has 0 radical (unpaired) electrons. The zero-order valence-electron chi connectivity index (χ0n) is 13.2. The molecule has 24 heavy (non-hydrogen) atoms. The minimum Gasteiger partial charge on any atom is -0.330 e. The maximum absolute atomic E-state index is 12.9. The van der Waals surface area contributed by atoms with Gasteiger partial charge in [-0.25, -0.2) is 8.42 Å². The van der Waals surface area contributed by atoms with E-state index in [1.807, 2.05) is 16.3 Å². The quantitative estimate of drug-likeness (QED) is 0.821. The molecule has 4 heterocycles. The second-order valence-corrected chi connectivity index (χ2v) is 10.7. The van der Waals surface area contributed by atoms with E-state index in [1.54, 1.807) is 22.7 Å². The van der Waals surface area contributed by atoms with E-state index in [0.29, 0.717) is 19.4 Å². The molecule has 0 aromatic carbocycles. The van der Waals surface area contributed by atoms with Crippen molar-refractivity contribution < 1.29 is 13.2 Å². The zero-order chi connectivity index (χ0) is 16.7. The van der Waals surface area contributed by atoms with Crippen LogP contribution in [0.4, 0.5) is 0 Å². The number of thiophene rings is 2. The van der Waals surface area contributed by atoms with Gasteiger partial charge in [0.05, 0.1) is 17.5 Å². The van der Waals surface area contributed by atoms with Gasteiger partial charge in [-0.2, -0.15) is 0 Å². The topological polar surface area (TPSA) is 54.5 Å². The van der Waals surface area contributed by atoms with Crippen LogP contribution in [-0.4, -0.2) is 37.3 Å². The molecule has 2 aromatic heterocycles. The summed E-state index contributed by atoms with van der Waals surface area (Å²) in [5, 5.41) is 4.14. The van der Waals surface area contributed by atoms with Gasteiger partial charge in [0.1, 0.15) is 0 Å². The molecule has 1 saturated heterocycles. The van der Waals surface area contributed by atoms with Crippen LogP contribution in [0.3, 0.4) is 0 Å². The Morgan fingerprint density at radius 1 is 1.25 bits per heavy atom. The number of carbonyl (C=O) groups is 1. The van der Waals surface area contributed by atoms with Crippen LogP contribution in [0.25, 0.3) is 0 Å². The second-order valence-electron chi connectivity index (χ2n) is 6.53. The lowest BCUT2D eigenvalue weighted by atomic mass is 9.96. The third kappa shape index (κ3) is 3.05. The summed E-state index contributed by atoms with van der Waals surface area (Å²) in [4.78, 5) is 17.4. The molecular weight excluding hydrogens is 362 g/mol. The summed E-state index contributed by atoms with van der Waals surface area (Å²) < 4.78 is 23.3. The Bertz CT molecular complexity index is 838. The summed E-state index contributed by atoms with van der Waals surface area (Å²) in [5.41, 5.74) is 1.24. The molecular formula is C17H19NO3S3. The molecule has 0 N–H and O–H groups in total. The molecule has 1 amide bonds. The Balaban J connectivity index is 1.58. The van der Waals surface area contributed by atoms with Crippen LogP contribution in [-0.2, 0) is 21.1 Å². The maximum atomic E-state index is 12.9.